The summed E-state index contributed by atoms with van der Waals surface area (Å²) in [6.07, 6.45) is 5.68. The zero-order chi connectivity index (χ0) is 22.7. The summed E-state index contributed by atoms with van der Waals surface area (Å²) in [4.78, 5) is 18.8. The molecule has 1 N–H and O–H groups in total. The van der Waals surface area contributed by atoms with Gasteiger partial charge in [-0.25, -0.2) is 9.18 Å². The lowest BCUT2D eigenvalue weighted by atomic mass is 9.98. The molecule has 1 amide bonds. The molecule has 0 saturated carbocycles. The van der Waals surface area contributed by atoms with Gasteiger partial charge in [0, 0.05) is 31.7 Å². The molecule has 0 unspecified atom stereocenters. The minimum atomic E-state index is -0.468. The van der Waals surface area contributed by atoms with Crippen molar-refractivity contribution in [2.75, 3.05) is 44.2 Å². The van der Waals surface area contributed by atoms with Gasteiger partial charge in [-0.2, -0.15) is 0 Å². The lowest BCUT2D eigenvalue weighted by Crippen LogP contribution is -2.46. The van der Waals surface area contributed by atoms with Gasteiger partial charge in [-0.05, 0) is 68.6 Å². The Hall–Kier alpha value is -2.26. The summed E-state index contributed by atoms with van der Waals surface area (Å²) in [5.74, 6) is -0.329. The van der Waals surface area contributed by atoms with Crippen molar-refractivity contribution in [3.63, 3.8) is 0 Å². The summed E-state index contributed by atoms with van der Waals surface area (Å²) < 4.78 is 20.4. The Labute approximate surface area is 199 Å². The standard InChI is InChI=1S/C23H29FN4O2S2/c1-16(31)25-14-19-15-28(23(29)30-19)18-5-6-20(21(24)13-18)17-7-11-27(12-8-17)22(32)26-9-3-2-4-10-26/h5-7,13,19H,2-4,8-12,14-15H2,1H3,(H,25,31)/t19-/m0/s1. The number of nitrogens with one attached hydrogen (secondary N) is 1. The number of amides is 1. The molecule has 32 heavy (non-hydrogen) atoms. The molecule has 3 heterocycles. The van der Waals surface area contributed by atoms with Crippen molar-refractivity contribution in [3.05, 3.63) is 35.7 Å². The summed E-state index contributed by atoms with van der Waals surface area (Å²) in [6.45, 7) is 6.12. The van der Waals surface area contributed by atoms with Crippen LogP contribution in [0.5, 0.6) is 0 Å². The van der Waals surface area contributed by atoms with E-state index in [4.69, 9.17) is 29.2 Å². The highest BCUT2D eigenvalue weighted by atomic mass is 32.1. The molecule has 172 valence electrons. The van der Waals surface area contributed by atoms with E-state index in [1.807, 2.05) is 0 Å². The van der Waals surface area contributed by atoms with Crippen LogP contribution in [-0.4, -0.2) is 71.4 Å². The molecule has 9 heteroatoms. The van der Waals surface area contributed by atoms with Crippen LogP contribution in [0, 0.1) is 5.82 Å². The van der Waals surface area contributed by atoms with Crippen molar-refractivity contribution >= 4 is 51.9 Å². The maximum atomic E-state index is 15.0. The van der Waals surface area contributed by atoms with E-state index < -0.39 is 6.09 Å². The summed E-state index contributed by atoms with van der Waals surface area (Å²) in [5.41, 5.74) is 2.07. The molecular weight excluding hydrogens is 447 g/mol. The first-order valence-electron chi connectivity index (χ1n) is 11.2. The Kier molecular flexibility index (Phi) is 7.25. The van der Waals surface area contributed by atoms with Crippen LogP contribution in [-0.2, 0) is 4.74 Å². The molecule has 1 aromatic carbocycles. The highest BCUT2D eigenvalue weighted by molar-refractivity contribution is 7.80. The number of carbonyl (C=O) groups excluding carboxylic acids is 1. The average molecular weight is 477 g/mol. The van der Waals surface area contributed by atoms with Crippen molar-refractivity contribution in [1.29, 1.82) is 0 Å². The lowest BCUT2D eigenvalue weighted by molar-refractivity contribution is 0.143. The van der Waals surface area contributed by atoms with Crippen LogP contribution in [0.1, 0.15) is 38.2 Å². The van der Waals surface area contributed by atoms with Crippen molar-refractivity contribution in [1.82, 2.24) is 15.1 Å². The molecule has 0 aromatic heterocycles. The average Bonchev–Trinajstić information content (AvgIpc) is 3.18. The van der Waals surface area contributed by atoms with E-state index in [0.29, 0.717) is 35.9 Å². The fraction of sp³-hybridized carbons (Fsp3) is 0.522. The fourth-order valence-electron chi connectivity index (χ4n) is 4.40. The molecule has 3 aliphatic heterocycles. The number of likely N-dealkylation sites (tertiary alicyclic amines) is 1. The molecular formula is C23H29FN4O2S2. The van der Waals surface area contributed by atoms with Gasteiger partial charge < -0.3 is 19.9 Å². The predicted octanol–water partition coefficient (Wildman–Crippen LogP) is 3.95. The van der Waals surface area contributed by atoms with Crippen molar-refractivity contribution in [2.45, 2.75) is 38.7 Å². The topological polar surface area (TPSA) is 48.0 Å². The van der Waals surface area contributed by atoms with E-state index in [-0.39, 0.29) is 11.9 Å². The Morgan fingerprint density at radius 3 is 2.62 bits per heavy atom. The lowest BCUT2D eigenvalue weighted by Gasteiger charge is -2.37. The van der Waals surface area contributed by atoms with Crippen LogP contribution in [0.25, 0.3) is 5.57 Å². The zero-order valence-corrected chi connectivity index (χ0v) is 19.9. The largest absolute Gasteiger partial charge is 0.442 e. The third kappa shape index (κ3) is 5.20. The van der Waals surface area contributed by atoms with E-state index in [9.17, 15) is 4.79 Å². The molecule has 0 spiro atoms. The molecule has 2 fully saturated rings. The minimum Gasteiger partial charge on any atom is -0.442 e. The fourth-order valence-corrected chi connectivity index (χ4v) is 4.83. The SMILES string of the molecule is CC(=S)NC[C@H]1CN(c2ccc(C3=CCN(C(=S)N4CCCCC4)CC3)c(F)c2)C(=O)O1. The van der Waals surface area contributed by atoms with Gasteiger partial charge in [0.05, 0.1) is 23.8 Å². The number of cyclic esters (lactones) is 1. The van der Waals surface area contributed by atoms with Gasteiger partial charge in [-0.15, -0.1) is 0 Å². The predicted molar refractivity (Wildman–Crippen MR) is 132 cm³/mol. The van der Waals surface area contributed by atoms with Crippen molar-refractivity contribution < 1.29 is 13.9 Å². The molecule has 0 aliphatic carbocycles. The number of thiocarbonyl (C=S) groups is 2. The van der Waals surface area contributed by atoms with Gasteiger partial charge in [0.1, 0.15) is 11.9 Å². The van der Waals surface area contributed by atoms with Gasteiger partial charge in [0.25, 0.3) is 0 Å². The van der Waals surface area contributed by atoms with Crippen LogP contribution in [0.4, 0.5) is 14.9 Å². The number of anilines is 1. The summed E-state index contributed by atoms with van der Waals surface area (Å²) in [5, 5.41) is 3.92. The summed E-state index contributed by atoms with van der Waals surface area (Å²) >= 11 is 10.7. The molecule has 3 aliphatic rings. The Balaban J connectivity index is 1.39. The van der Waals surface area contributed by atoms with E-state index in [1.54, 1.807) is 19.1 Å². The van der Waals surface area contributed by atoms with Crippen molar-refractivity contribution in [2.24, 2.45) is 0 Å². The molecule has 2 saturated heterocycles. The monoisotopic (exact) mass is 476 g/mol. The van der Waals surface area contributed by atoms with Crippen LogP contribution in [0.15, 0.2) is 24.3 Å². The third-order valence-corrected chi connectivity index (χ3v) is 6.83. The normalized spacial score (nSPS) is 21.3. The minimum absolute atomic E-state index is 0.320. The van der Waals surface area contributed by atoms with E-state index in [1.165, 1.54) is 30.2 Å². The summed E-state index contributed by atoms with van der Waals surface area (Å²) in [6, 6.07) is 4.96. The number of hydrogen-bond donors (Lipinski definition) is 1. The number of ether oxygens (including phenoxy) is 1. The van der Waals surface area contributed by atoms with Crippen LogP contribution >= 0.6 is 24.4 Å². The number of halogens is 1. The maximum absolute atomic E-state index is 15.0. The quantitative estimate of drug-likeness (QED) is 0.661. The number of benzene rings is 1. The number of carbonyl (C=O) groups is 1. The Morgan fingerprint density at radius 1 is 1.19 bits per heavy atom. The first-order valence-corrected chi connectivity index (χ1v) is 12.0. The molecule has 1 aromatic rings. The van der Waals surface area contributed by atoms with Gasteiger partial charge in [0.2, 0.25) is 0 Å². The smallest absolute Gasteiger partial charge is 0.414 e. The van der Waals surface area contributed by atoms with E-state index >= 15 is 4.39 Å². The highest BCUT2D eigenvalue weighted by Crippen LogP contribution is 2.30. The molecule has 1 atom stereocenters. The van der Waals surface area contributed by atoms with E-state index in [2.05, 4.69) is 21.2 Å². The summed E-state index contributed by atoms with van der Waals surface area (Å²) in [7, 11) is 0. The third-order valence-electron chi connectivity index (χ3n) is 6.17. The van der Waals surface area contributed by atoms with Gasteiger partial charge in [0.15, 0.2) is 5.11 Å². The van der Waals surface area contributed by atoms with Crippen LogP contribution < -0.4 is 10.2 Å². The van der Waals surface area contributed by atoms with E-state index in [0.717, 1.165) is 36.7 Å². The molecule has 6 nitrogen and oxygen atoms in total. The highest BCUT2D eigenvalue weighted by Gasteiger charge is 2.32. The number of rotatable bonds is 4. The first-order chi connectivity index (χ1) is 15.4. The number of nitrogens with zero attached hydrogens (tertiary/aromatic N) is 3. The van der Waals surface area contributed by atoms with Gasteiger partial charge >= 0.3 is 6.09 Å². The van der Waals surface area contributed by atoms with Gasteiger partial charge in [-0.3, -0.25) is 4.90 Å². The Morgan fingerprint density at radius 2 is 1.97 bits per heavy atom. The number of piperidine rings is 1. The van der Waals surface area contributed by atoms with Crippen LogP contribution in [0.3, 0.4) is 0 Å². The van der Waals surface area contributed by atoms with Crippen molar-refractivity contribution in [3.8, 4) is 0 Å². The second kappa shape index (κ2) is 10.1. The zero-order valence-electron chi connectivity index (χ0n) is 18.3. The molecule has 4 rings (SSSR count). The second-order valence-corrected chi connectivity index (χ2v) is 9.45. The van der Waals surface area contributed by atoms with Gasteiger partial charge in [-0.1, -0.05) is 18.3 Å². The Bertz CT molecular complexity index is 933. The van der Waals surface area contributed by atoms with Crippen LogP contribution in [0.2, 0.25) is 0 Å². The number of hydrogen-bond acceptors (Lipinski definition) is 4. The first kappa shape index (κ1) is 22.9. The second-order valence-electron chi connectivity index (χ2n) is 8.47. The molecule has 0 bridgehead atoms. The molecule has 0 radical (unpaired) electrons. The maximum Gasteiger partial charge on any atom is 0.414 e.